The maximum atomic E-state index is 12.7. The number of aryl methyl sites for hydroxylation is 1. The number of carbonyl (C=O) groups is 1. The fourth-order valence-electron chi connectivity index (χ4n) is 5.15. The monoisotopic (exact) mass is 493 g/mol. The minimum absolute atomic E-state index is 0.0233. The van der Waals surface area contributed by atoms with Crippen molar-refractivity contribution in [2.75, 3.05) is 0 Å². The smallest absolute Gasteiger partial charge is 0.223 e. The molecular formula is C28H32ClN3O3. The van der Waals surface area contributed by atoms with Crippen LogP contribution in [0.15, 0.2) is 54.7 Å². The van der Waals surface area contributed by atoms with E-state index in [1.165, 1.54) is 5.56 Å². The Bertz CT molecular complexity index is 1160. The van der Waals surface area contributed by atoms with Gasteiger partial charge in [-0.3, -0.25) is 9.48 Å². The van der Waals surface area contributed by atoms with Crippen molar-refractivity contribution in [1.82, 2.24) is 15.1 Å². The van der Waals surface area contributed by atoms with Gasteiger partial charge in [0, 0.05) is 24.2 Å². The molecule has 1 N–H and O–H groups in total. The number of benzene rings is 2. The third kappa shape index (κ3) is 5.32. The summed E-state index contributed by atoms with van der Waals surface area (Å²) < 4.78 is 14.5. The first-order chi connectivity index (χ1) is 17.1. The van der Waals surface area contributed by atoms with E-state index in [0.717, 1.165) is 62.1 Å². The Kier molecular flexibility index (Phi) is 7.28. The van der Waals surface area contributed by atoms with Gasteiger partial charge in [0.1, 0.15) is 17.6 Å². The van der Waals surface area contributed by atoms with Gasteiger partial charge in [0.05, 0.1) is 23.4 Å². The zero-order valence-electron chi connectivity index (χ0n) is 20.1. The number of carbonyl (C=O) groups excluding carboxylic acids is 1. The molecule has 1 atom stereocenters. The van der Waals surface area contributed by atoms with Crippen LogP contribution in [-0.2, 0) is 24.3 Å². The van der Waals surface area contributed by atoms with Crippen molar-refractivity contribution in [2.24, 2.45) is 5.92 Å². The Balaban J connectivity index is 1.14. The van der Waals surface area contributed by atoms with Crippen LogP contribution in [-0.4, -0.2) is 21.8 Å². The summed E-state index contributed by atoms with van der Waals surface area (Å²) in [6, 6.07) is 16.2. The molecule has 184 valence electrons. The largest absolute Gasteiger partial charge is 0.489 e. The van der Waals surface area contributed by atoms with E-state index < -0.39 is 0 Å². The fourth-order valence-corrected chi connectivity index (χ4v) is 5.44. The number of ether oxygens (including phenoxy) is 2. The second-order valence-corrected chi connectivity index (χ2v) is 9.74. The number of hydrogen-bond donors (Lipinski definition) is 1. The molecule has 2 aromatic carbocycles. The molecule has 0 radical (unpaired) electrons. The second-order valence-electron chi connectivity index (χ2n) is 9.36. The van der Waals surface area contributed by atoms with Crippen LogP contribution >= 0.6 is 11.6 Å². The van der Waals surface area contributed by atoms with E-state index in [4.69, 9.17) is 21.1 Å². The number of nitrogens with one attached hydrogen (secondary N) is 1. The van der Waals surface area contributed by atoms with Crippen LogP contribution in [0.4, 0.5) is 0 Å². The molecular weight excluding hydrogens is 462 g/mol. The van der Waals surface area contributed by atoms with Crippen LogP contribution in [0.25, 0.3) is 0 Å². The normalized spacial score (nSPS) is 21.6. The summed E-state index contributed by atoms with van der Waals surface area (Å²) >= 11 is 6.76. The first-order valence-corrected chi connectivity index (χ1v) is 13.0. The Morgan fingerprint density at radius 2 is 1.91 bits per heavy atom. The first kappa shape index (κ1) is 23.7. The summed E-state index contributed by atoms with van der Waals surface area (Å²) in [6.07, 6.45) is 6.94. The van der Waals surface area contributed by atoms with Gasteiger partial charge in [-0.05, 0) is 69.2 Å². The summed E-state index contributed by atoms with van der Waals surface area (Å²) in [5.74, 6) is 1.69. The van der Waals surface area contributed by atoms with Crippen molar-refractivity contribution in [3.63, 3.8) is 0 Å². The highest BCUT2D eigenvalue weighted by Crippen LogP contribution is 2.43. The fraction of sp³-hybridized carbons (Fsp3) is 0.429. The third-order valence-electron chi connectivity index (χ3n) is 7.15. The van der Waals surface area contributed by atoms with Crippen molar-refractivity contribution in [3.05, 3.63) is 76.6 Å². The molecule has 1 unspecified atom stereocenters. The van der Waals surface area contributed by atoms with E-state index >= 15 is 0 Å². The average Bonchev–Trinajstić information content (AvgIpc) is 3.37. The molecule has 35 heavy (non-hydrogen) atoms. The van der Waals surface area contributed by atoms with Crippen molar-refractivity contribution < 1.29 is 14.3 Å². The van der Waals surface area contributed by atoms with E-state index in [1.807, 2.05) is 48.0 Å². The average molecular weight is 494 g/mol. The Hall–Kier alpha value is -2.99. The summed E-state index contributed by atoms with van der Waals surface area (Å²) in [5.41, 5.74) is 3.24. The molecule has 2 heterocycles. The van der Waals surface area contributed by atoms with Crippen LogP contribution in [0.2, 0.25) is 5.02 Å². The topological polar surface area (TPSA) is 65.4 Å². The van der Waals surface area contributed by atoms with E-state index in [2.05, 4.69) is 22.5 Å². The predicted octanol–water partition coefficient (Wildman–Crippen LogP) is 5.88. The van der Waals surface area contributed by atoms with Gasteiger partial charge in [0.25, 0.3) is 0 Å². The molecule has 1 amide bonds. The summed E-state index contributed by atoms with van der Waals surface area (Å²) in [7, 11) is 0. The highest BCUT2D eigenvalue weighted by molar-refractivity contribution is 6.33. The molecule has 3 aromatic rings. The van der Waals surface area contributed by atoms with Gasteiger partial charge in [0.15, 0.2) is 0 Å². The minimum Gasteiger partial charge on any atom is -0.489 e. The van der Waals surface area contributed by atoms with Gasteiger partial charge in [-0.2, -0.15) is 5.10 Å². The SMILES string of the molecule is CCn1nccc1CNC(=O)C1CCC(Oc2ccc3c(c2Cl)CCC(c2ccccc2)O3)CC1. The van der Waals surface area contributed by atoms with Crippen molar-refractivity contribution >= 4 is 17.5 Å². The number of aromatic nitrogens is 2. The first-order valence-electron chi connectivity index (χ1n) is 12.6. The molecule has 1 aliphatic heterocycles. The molecule has 1 saturated carbocycles. The number of fused-ring (bicyclic) bond motifs is 1. The number of nitrogens with zero attached hydrogens (tertiary/aromatic N) is 2. The lowest BCUT2D eigenvalue weighted by molar-refractivity contribution is -0.126. The van der Waals surface area contributed by atoms with Gasteiger partial charge < -0.3 is 14.8 Å². The molecule has 5 rings (SSSR count). The van der Waals surface area contributed by atoms with E-state index in [0.29, 0.717) is 17.3 Å². The lowest BCUT2D eigenvalue weighted by Crippen LogP contribution is -2.35. The maximum absolute atomic E-state index is 12.7. The summed E-state index contributed by atoms with van der Waals surface area (Å²) in [6.45, 7) is 3.36. The molecule has 2 aliphatic rings. The maximum Gasteiger partial charge on any atom is 0.223 e. The molecule has 1 fully saturated rings. The molecule has 0 bridgehead atoms. The van der Waals surface area contributed by atoms with E-state index in [1.54, 1.807) is 6.20 Å². The third-order valence-corrected chi connectivity index (χ3v) is 7.56. The van der Waals surface area contributed by atoms with Crippen molar-refractivity contribution in [2.45, 2.75) is 70.7 Å². The van der Waals surface area contributed by atoms with Gasteiger partial charge >= 0.3 is 0 Å². The molecule has 1 aromatic heterocycles. The van der Waals surface area contributed by atoms with Crippen LogP contribution < -0.4 is 14.8 Å². The highest BCUT2D eigenvalue weighted by Gasteiger charge is 2.29. The number of hydrogen-bond acceptors (Lipinski definition) is 4. The summed E-state index contributed by atoms with van der Waals surface area (Å²) in [4.78, 5) is 12.7. The Morgan fingerprint density at radius 1 is 1.11 bits per heavy atom. The quantitative estimate of drug-likeness (QED) is 0.446. The van der Waals surface area contributed by atoms with Gasteiger partial charge in [-0.15, -0.1) is 0 Å². The summed E-state index contributed by atoms with van der Waals surface area (Å²) in [5, 5.41) is 7.99. The van der Waals surface area contributed by atoms with E-state index in [9.17, 15) is 4.79 Å². The number of rotatable bonds is 7. The van der Waals surface area contributed by atoms with Crippen LogP contribution in [0, 0.1) is 5.92 Å². The second kappa shape index (κ2) is 10.7. The molecule has 6 nitrogen and oxygen atoms in total. The minimum atomic E-state index is 0.0233. The van der Waals surface area contributed by atoms with Crippen LogP contribution in [0.1, 0.15) is 62.0 Å². The highest BCUT2D eigenvalue weighted by atomic mass is 35.5. The lowest BCUT2D eigenvalue weighted by atomic mass is 9.86. The standard InChI is InChI=1S/C28H32ClN3O3/c1-2-32-21(16-17-31-32)18-30-28(33)20-8-10-22(11-9-20)34-26-15-14-25-23(27(26)29)12-13-24(35-25)19-6-4-3-5-7-19/h3-7,14-17,20,22,24H,2,8-13,18H2,1H3,(H,30,33). The molecule has 0 spiro atoms. The number of amides is 1. The van der Waals surface area contributed by atoms with Gasteiger partial charge in [-0.1, -0.05) is 41.9 Å². The Morgan fingerprint density at radius 3 is 2.69 bits per heavy atom. The van der Waals surface area contributed by atoms with Crippen molar-refractivity contribution in [1.29, 1.82) is 0 Å². The molecule has 1 aliphatic carbocycles. The zero-order valence-corrected chi connectivity index (χ0v) is 20.8. The van der Waals surface area contributed by atoms with Gasteiger partial charge in [0.2, 0.25) is 5.91 Å². The zero-order chi connectivity index (χ0) is 24.2. The van der Waals surface area contributed by atoms with Crippen LogP contribution in [0.3, 0.4) is 0 Å². The molecule has 7 heteroatoms. The number of halogens is 1. The predicted molar refractivity (Wildman–Crippen MR) is 136 cm³/mol. The van der Waals surface area contributed by atoms with Gasteiger partial charge in [-0.25, -0.2) is 0 Å². The van der Waals surface area contributed by atoms with Crippen molar-refractivity contribution in [3.8, 4) is 11.5 Å². The van der Waals surface area contributed by atoms with E-state index in [-0.39, 0.29) is 24.0 Å². The lowest BCUT2D eigenvalue weighted by Gasteiger charge is -2.30. The Labute approximate surface area is 211 Å². The molecule has 0 saturated heterocycles. The van der Waals surface area contributed by atoms with Crippen LogP contribution in [0.5, 0.6) is 11.5 Å².